The van der Waals surface area contributed by atoms with Crippen molar-refractivity contribution in [3.8, 4) is 0 Å². The number of hydrogen-bond donors (Lipinski definition) is 2. The van der Waals surface area contributed by atoms with Crippen LogP contribution < -0.4 is 11.1 Å². The molecule has 0 spiro atoms. The van der Waals surface area contributed by atoms with Crippen LogP contribution in [0.5, 0.6) is 0 Å². The van der Waals surface area contributed by atoms with E-state index in [0.717, 1.165) is 32.4 Å². The Bertz CT molecular complexity index is 417. The van der Waals surface area contributed by atoms with Crippen molar-refractivity contribution in [1.29, 1.82) is 0 Å². The molecule has 2 aliphatic rings. The fourth-order valence-corrected chi connectivity index (χ4v) is 3.71. The third kappa shape index (κ3) is 5.35. The Morgan fingerprint density at radius 3 is 2.17 bits per heavy atom. The Balaban J connectivity index is 1.83. The van der Waals surface area contributed by atoms with Crippen LogP contribution in [0.2, 0.25) is 0 Å². The van der Waals surface area contributed by atoms with Gasteiger partial charge in [-0.1, -0.05) is 31.2 Å². The number of nitrogens with two attached hydrogens (primary N) is 1. The summed E-state index contributed by atoms with van der Waals surface area (Å²) in [6.07, 6.45) is 7.37. The summed E-state index contributed by atoms with van der Waals surface area (Å²) in [6.45, 7) is 3.98. The highest BCUT2D eigenvalue weighted by molar-refractivity contribution is 5.09. The van der Waals surface area contributed by atoms with Crippen molar-refractivity contribution in [3.63, 3.8) is 0 Å². The summed E-state index contributed by atoms with van der Waals surface area (Å²) >= 11 is 0. The minimum Gasteiger partial charge on any atom is -0.327 e. The van der Waals surface area contributed by atoms with Crippen LogP contribution in [0.1, 0.15) is 39.0 Å². The number of allylic oxidation sites excluding steroid dienone is 3. The molecule has 0 heterocycles. The Morgan fingerprint density at radius 1 is 1.04 bits per heavy atom. The molecule has 0 aliphatic heterocycles. The van der Waals surface area contributed by atoms with Gasteiger partial charge in [0.05, 0.1) is 5.92 Å². The molecule has 0 aromatic heterocycles. The lowest BCUT2D eigenvalue weighted by atomic mass is 9.74. The molecule has 0 aromatic carbocycles. The molecule has 0 saturated heterocycles. The highest BCUT2D eigenvalue weighted by Crippen LogP contribution is 2.40. The summed E-state index contributed by atoms with van der Waals surface area (Å²) < 4.78 is 38.1. The van der Waals surface area contributed by atoms with Crippen LogP contribution in [0.15, 0.2) is 24.3 Å². The average Bonchev–Trinajstić information content (AvgIpc) is 2.54. The first-order chi connectivity index (χ1) is 10.9. The quantitative estimate of drug-likeness (QED) is 0.570. The lowest BCUT2D eigenvalue weighted by molar-refractivity contribution is -0.164. The van der Waals surface area contributed by atoms with Gasteiger partial charge >= 0.3 is 6.18 Å². The van der Waals surface area contributed by atoms with Gasteiger partial charge in [-0.05, 0) is 62.9 Å². The van der Waals surface area contributed by atoms with Gasteiger partial charge in [-0.25, -0.2) is 0 Å². The van der Waals surface area contributed by atoms with Gasteiger partial charge in [0.15, 0.2) is 0 Å². The molecule has 2 nitrogen and oxygen atoms in total. The maximum Gasteiger partial charge on any atom is 0.395 e. The van der Waals surface area contributed by atoms with Crippen molar-refractivity contribution in [1.82, 2.24) is 5.32 Å². The maximum absolute atomic E-state index is 12.7. The normalized spacial score (nSPS) is 32.9. The minimum atomic E-state index is -4.09. The molecular weight excluding hydrogens is 301 g/mol. The summed E-state index contributed by atoms with van der Waals surface area (Å²) in [4.78, 5) is 0. The summed E-state index contributed by atoms with van der Waals surface area (Å²) in [6, 6.07) is 0.169. The number of nitrogens with one attached hydrogen (secondary N) is 1. The van der Waals surface area contributed by atoms with E-state index in [4.69, 9.17) is 5.73 Å². The van der Waals surface area contributed by atoms with Crippen molar-refractivity contribution in [3.05, 3.63) is 24.3 Å². The lowest BCUT2D eigenvalue weighted by Crippen LogP contribution is -2.35. The third-order valence-electron chi connectivity index (χ3n) is 5.27. The van der Waals surface area contributed by atoms with Crippen molar-refractivity contribution in [2.75, 3.05) is 13.1 Å². The molecule has 5 atom stereocenters. The van der Waals surface area contributed by atoms with Crippen LogP contribution in [0, 0.1) is 23.7 Å². The Labute approximate surface area is 137 Å². The zero-order valence-electron chi connectivity index (χ0n) is 13.9. The first kappa shape index (κ1) is 18.5. The van der Waals surface area contributed by atoms with Crippen molar-refractivity contribution in [2.24, 2.45) is 29.4 Å². The average molecular weight is 330 g/mol. The highest BCUT2D eigenvalue weighted by atomic mass is 19.4. The fourth-order valence-electron chi connectivity index (χ4n) is 3.71. The first-order valence-corrected chi connectivity index (χ1v) is 8.81. The second-order valence-corrected chi connectivity index (χ2v) is 6.87. The van der Waals surface area contributed by atoms with Crippen LogP contribution >= 0.6 is 0 Å². The second-order valence-electron chi connectivity index (χ2n) is 6.87. The zero-order valence-corrected chi connectivity index (χ0v) is 13.9. The van der Waals surface area contributed by atoms with Crippen molar-refractivity contribution in [2.45, 2.75) is 51.2 Å². The molecule has 23 heavy (non-hydrogen) atoms. The van der Waals surface area contributed by atoms with Gasteiger partial charge < -0.3 is 11.1 Å². The fraction of sp³-hybridized carbons (Fsp3) is 0.778. The minimum absolute atomic E-state index is 0.169. The zero-order chi connectivity index (χ0) is 16.9. The Morgan fingerprint density at radius 2 is 1.70 bits per heavy atom. The van der Waals surface area contributed by atoms with Gasteiger partial charge in [0, 0.05) is 6.04 Å². The SMILES string of the molecule is CCNCCC(N)[C@@H]1C=CC(C2C=CC(C(F)(F)F)CC2)CC1. The van der Waals surface area contributed by atoms with Crippen molar-refractivity contribution >= 4 is 0 Å². The van der Waals surface area contributed by atoms with Gasteiger partial charge in [0.25, 0.3) is 0 Å². The van der Waals surface area contributed by atoms with E-state index in [1.54, 1.807) is 6.08 Å². The highest BCUT2D eigenvalue weighted by Gasteiger charge is 2.40. The van der Waals surface area contributed by atoms with E-state index in [0.29, 0.717) is 18.3 Å². The Kier molecular flexibility index (Phi) is 6.72. The number of hydrogen-bond acceptors (Lipinski definition) is 2. The van der Waals surface area contributed by atoms with E-state index < -0.39 is 12.1 Å². The first-order valence-electron chi connectivity index (χ1n) is 8.81. The third-order valence-corrected chi connectivity index (χ3v) is 5.27. The molecule has 132 valence electrons. The van der Waals surface area contributed by atoms with Crippen LogP contribution in [0.4, 0.5) is 13.2 Å². The van der Waals surface area contributed by atoms with Gasteiger partial charge in [-0.3, -0.25) is 0 Å². The van der Waals surface area contributed by atoms with E-state index >= 15 is 0 Å². The summed E-state index contributed by atoms with van der Waals surface area (Å²) in [5.74, 6) is -0.222. The van der Waals surface area contributed by atoms with E-state index in [2.05, 4.69) is 24.4 Å². The molecule has 0 amide bonds. The standard InChI is InChI=1S/C18H29F3N2/c1-2-23-12-11-17(22)15-5-3-13(4-6-15)14-7-9-16(10-8-14)18(19,20)21/h3,5,7,9,13-17,23H,2,4,6,8,10-12,22H2,1H3/t13?,14?,15-,16?,17?/m1/s1. The number of halogens is 3. The maximum atomic E-state index is 12.7. The molecule has 0 fully saturated rings. The van der Waals surface area contributed by atoms with Gasteiger partial charge in [-0.2, -0.15) is 13.2 Å². The summed E-state index contributed by atoms with van der Waals surface area (Å²) in [7, 11) is 0. The molecule has 4 unspecified atom stereocenters. The topological polar surface area (TPSA) is 38.0 Å². The van der Waals surface area contributed by atoms with E-state index in [-0.39, 0.29) is 18.4 Å². The predicted molar refractivity (Wildman–Crippen MR) is 87.9 cm³/mol. The Hall–Kier alpha value is -0.810. The molecule has 0 radical (unpaired) electrons. The van der Waals surface area contributed by atoms with Crippen LogP contribution in [-0.4, -0.2) is 25.3 Å². The van der Waals surface area contributed by atoms with Gasteiger partial charge in [0.1, 0.15) is 0 Å². The molecule has 2 rings (SSSR count). The second kappa shape index (κ2) is 8.34. The summed E-state index contributed by atoms with van der Waals surface area (Å²) in [5.41, 5.74) is 6.25. The smallest absolute Gasteiger partial charge is 0.327 e. The van der Waals surface area contributed by atoms with Crippen molar-refractivity contribution < 1.29 is 13.2 Å². The van der Waals surface area contributed by atoms with Gasteiger partial charge in [0.2, 0.25) is 0 Å². The molecule has 0 aromatic rings. The largest absolute Gasteiger partial charge is 0.395 e. The molecule has 2 aliphatic carbocycles. The van der Waals surface area contributed by atoms with E-state index in [1.165, 1.54) is 6.08 Å². The lowest BCUT2D eigenvalue weighted by Gasteiger charge is -2.33. The van der Waals surface area contributed by atoms with Crippen LogP contribution in [0.25, 0.3) is 0 Å². The predicted octanol–water partition coefficient (Wildman–Crippen LogP) is 4.04. The molecule has 5 heteroatoms. The molecular formula is C18H29F3N2. The van der Waals surface area contributed by atoms with Crippen LogP contribution in [-0.2, 0) is 0 Å². The van der Waals surface area contributed by atoms with E-state index in [9.17, 15) is 13.2 Å². The number of alkyl halides is 3. The van der Waals surface area contributed by atoms with E-state index in [1.807, 2.05) is 0 Å². The monoisotopic (exact) mass is 330 g/mol. The van der Waals surface area contributed by atoms with Gasteiger partial charge in [-0.15, -0.1) is 0 Å². The molecule has 3 N–H and O–H groups in total. The number of rotatable bonds is 6. The summed E-state index contributed by atoms with van der Waals surface area (Å²) in [5, 5.41) is 3.29. The van der Waals surface area contributed by atoms with Crippen LogP contribution in [0.3, 0.4) is 0 Å². The molecule has 0 saturated carbocycles. The molecule has 0 bridgehead atoms.